The van der Waals surface area contributed by atoms with Crippen LogP contribution in [0, 0.1) is 20.8 Å². The van der Waals surface area contributed by atoms with Gasteiger partial charge in [0.05, 0.1) is 19.8 Å². The molecule has 0 aliphatic carbocycles. The van der Waals surface area contributed by atoms with Crippen LogP contribution in [0.15, 0.2) is 127 Å². The number of hydrogen-bond donors (Lipinski definition) is 0. The van der Waals surface area contributed by atoms with Gasteiger partial charge in [-0.1, -0.05) is 133 Å². The lowest BCUT2D eigenvalue weighted by atomic mass is 9.81. The van der Waals surface area contributed by atoms with Gasteiger partial charge in [-0.2, -0.15) is 0 Å². The molecule has 0 saturated carbocycles. The smallest absolute Gasteiger partial charge is 0.123 e. The van der Waals surface area contributed by atoms with E-state index in [0.29, 0.717) is 35.9 Å². The van der Waals surface area contributed by atoms with E-state index >= 15 is 0 Å². The molecule has 0 unspecified atom stereocenters. The molecule has 90 heavy (non-hydrogen) atoms. The monoisotopic (exact) mass is 1210 g/mol. The Balaban J connectivity index is 0.000000124. The largest absolute Gasteiger partial charge is 0.494 e. The van der Waals surface area contributed by atoms with Crippen molar-refractivity contribution < 1.29 is 14.2 Å². The maximum absolute atomic E-state index is 6.47. The number of rotatable bonds is 18. The second kappa shape index (κ2) is 30.9. The Morgan fingerprint density at radius 2 is 0.700 bits per heavy atom. The van der Waals surface area contributed by atoms with Gasteiger partial charge in [-0.05, 0) is 251 Å². The zero-order chi connectivity index (χ0) is 61.0. The Morgan fingerprint density at radius 3 is 1.11 bits per heavy atom. The summed E-state index contributed by atoms with van der Waals surface area (Å²) < 4.78 is 18.9. The van der Waals surface area contributed by atoms with Gasteiger partial charge in [0, 0.05) is 80.7 Å². The normalized spacial score (nSPS) is 24.4. The number of benzene rings is 6. The van der Waals surface area contributed by atoms with Crippen molar-refractivity contribution >= 4 is 0 Å². The molecule has 9 aliphatic heterocycles. The first-order chi connectivity index (χ1) is 44.3. The third kappa shape index (κ3) is 15.6. The highest BCUT2D eigenvalue weighted by Crippen LogP contribution is 2.49. The Kier molecular flexibility index (Phi) is 21.7. The van der Waals surface area contributed by atoms with E-state index in [1.54, 1.807) is 0 Å². The molecule has 9 nitrogen and oxygen atoms in total. The van der Waals surface area contributed by atoms with E-state index in [0.717, 1.165) is 76.0 Å². The Morgan fingerprint density at radius 1 is 0.333 bits per heavy atom. The second-order valence-electron chi connectivity index (χ2n) is 28.5. The summed E-state index contributed by atoms with van der Waals surface area (Å²) in [6.45, 7) is 27.3. The van der Waals surface area contributed by atoms with Crippen LogP contribution in [0.2, 0.25) is 0 Å². The molecule has 9 heterocycles. The summed E-state index contributed by atoms with van der Waals surface area (Å²) in [5.41, 5.74) is 17.4. The Bertz CT molecular complexity index is 3040. The molecule has 0 spiro atoms. The molecule has 6 fully saturated rings. The average Bonchev–Trinajstić information content (AvgIpc) is 1.55. The molecule has 6 atom stereocenters. The van der Waals surface area contributed by atoms with Crippen LogP contribution in [-0.2, 0) is 0 Å². The first kappa shape index (κ1) is 63.2. The first-order valence-electron chi connectivity index (χ1n) is 36.2. The number of nitrogens with zero attached hydrogens (tertiary/aromatic N) is 6. The van der Waals surface area contributed by atoms with E-state index in [1.165, 1.54) is 242 Å². The van der Waals surface area contributed by atoms with Crippen LogP contribution in [-0.4, -0.2) is 147 Å². The number of likely N-dealkylation sites (tertiary alicyclic amines) is 3. The van der Waals surface area contributed by atoms with E-state index in [4.69, 9.17) is 14.2 Å². The summed E-state index contributed by atoms with van der Waals surface area (Å²) in [4.78, 5) is 15.9. The molecule has 0 aromatic heterocycles. The number of fused-ring (bicyclic) bond motifs is 9. The van der Waals surface area contributed by atoms with Gasteiger partial charge < -0.3 is 28.9 Å². The highest BCUT2D eigenvalue weighted by molar-refractivity contribution is 5.52. The number of aryl methyl sites for hydroxylation is 3. The molecule has 0 N–H and O–H groups in total. The number of ether oxygens (including phenoxy) is 3. The fourth-order valence-electron chi connectivity index (χ4n) is 17.2. The van der Waals surface area contributed by atoms with Gasteiger partial charge in [0.15, 0.2) is 0 Å². The number of piperidine rings is 3. The highest BCUT2D eigenvalue weighted by atomic mass is 16.5. The molecule has 15 rings (SSSR count). The highest BCUT2D eigenvalue weighted by Gasteiger charge is 2.40. The van der Waals surface area contributed by atoms with Crippen molar-refractivity contribution in [2.24, 2.45) is 0 Å². The quantitative estimate of drug-likeness (QED) is 0.0783. The van der Waals surface area contributed by atoms with Gasteiger partial charge in [0.1, 0.15) is 17.2 Å². The molecule has 0 bridgehead atoms. The summed E-state index contributed by atoms with van der Waals surface area (Å²) in [7, 11) is 0. The van der Waals surface area contributed by atoms with Gasteiger partial charge in [-0.25, -0.2) is 0 Å². The molecule has 9 heteroatoms. The summed E-state index contributed by atoms with van der Waals surface area (Å²) in [6.07, 6.45) is 23.6. The lowest BCUT2D eigenvalue weighted by Gasteiger charge is -2.38. The SMILES string of the molecule is Cc1ccc([C@@H]2CN3CCC[C@H]3c3cc(OCCCN4CCCCC4)ccc32)cc1.Cc1ccc([C@@H]2CN3CCC[C@H]3c3cccc(OCCCN4CCCCC4)c32)cc1.Cc1ccc([C@H]2CN3CCC[C@H]3c3cc(OCCCN4CCCCC4)ccc32)cc1. The van der Waals surface area contributed by atoms with Crippen molar-refractivity contribution in [3.63, 3.8) is 0 Å². The third-order valence-electron chi connectivity index (χ3n) is 22.2. The minimum atomic E-state index is 0.410. The maximum atomic E-state index is 6.47. The van der Waals surface area contributed by atoms with Crippen LogP contribution in [0.25, 0.3) is 0 Å². The molecular formula is C81H108N6O3. The van der Waals surface area contributed by atoms with E-state index < -0.39 is 0 Å². The molecule has 6 aromatic carbocycles. The minimum Gasteiger partial charge on any atom is -0.494 e. The van der Waals surface area contributed by atoms with Crippen LogP contribution in [0.1, 0.15) is 218 Å². The molecule has 0 amide bonds. The number of hydrogen-bond acceptors (Lipinski definition) is 9. The molecule has 6 aromatic rings. The maximum Gasteiger partial charge on any atom is 0.123 e. The van der Waals surface area contributed by atoms with Gasteiger partial charge in [0.25, 0.3) is 0 Å². The third-order valence-corrected chi connectivity index (χ3v) is 22.2. The van der Waals surface area contributed by atoms with Crippen molar-refractivity contribution in [3.05, 3.63) is 194 Å². The van der Waals surface area contributed by atoms with Gasteiger partial charge in [-0.15, -0.1) is 0 Å². The summed E-state index contributed by atoms with van der Waals surface area (Å²) >= 11 is 0. The van der Waals surface area contributed by atoms with E-state index in [2.05, 4.69) is 178 Å². The van der Waals surface area contributed by atoms with Crippen LogP contribution < -0.4 is 14.2 Å². The second-order valence-corrected chi connectivity index (χ2v) is 28.5. The molecule has 480 valence electrons. The Labute approximate surface area is 542 Å². The summed E-state index contributed by atoms with van der Waals surface area (Å²) in [5, 5.41) is 0. The van der Waals surface area contributed by atoms with E-state index in [-0.39, 0.29) is 0 Å². The van der Waals surface area contributed by atoms with Gasteiger partial charge >= 0.3 is 0 Å². The lowest BCUT2D eigenvalue weighted by molar-refractivity contribution is 0.200. The fraction of sp³-hybridized carbons (Fsp3) is 0.556. The molecule has 9 aliphatic rings. The van der Waals surface area contributed by atoms with Gasteiger partial charge in [-0.3, -0.25) is 14.7 Å². The van der Waals surface area contributed by atoms with Crippen LogP contribution in [0.5, 0.6) is 17.2 Å². The van der Waals surface area contributed by atoms with Crippen LogP contribution >= 0.6 is 0 Å². The summed E-state index contributed by atoms with van der Waals surface area (Å²) in [6, 6.07) is 49.9. The fourth-order valence-corrected chi connectivity index (χ4v) is 17.2. The lowest BCUT2D eigenvalue weighted by Crippen LogP contribution is -2.35. The van der Waals surface area contributed by atoms with E-state index in [9.17, 15) is 0 Å². The zero-order valence-electron chi connectivity index (χ0n) is 55.5. The average molecular weight is 1210 g/mol. The van der Waals surface area contributed by atoms with Crippen molar-refractivity contribution in [2.45, 2.75) is 172 Å². The van der Waals surface area contributed by atoms with Crippen LogP contribution in [0.3, 0.4) is 0 Å². The molecular weight excluding hydrogens is 1100 g/mol. The first-order valence-corrected chi connectivity index (χ1v) is 36.2. The predicted molar refractivity (Wildman–Crippen MR) is 370 cm³/mol. The van der Waals surface area contributed by atoms with Gasteiger partial charge in [0.2, 0.25) is 0 Å². The van der Waals surface area contributed by atoms with Crippen molar-refractivity contribution in [3.8, 4) is 17.2 Å². The minimum absolute atomic E-state index is 0.410. The Hall–Kier alpha value is -5.52. The van der Waals surface area contributed by atoms with E-state index in [1.807, 2.05) is 0 Å². The standard InChI is InChI=1S/3C27H36N2O/c1-21-11-13-22(14-12-21)24-20-29-18-6-9-25(29)23-8-5-10-26(27(23)24)30-19-7-17-28-15-3-2-4-16-28;2*1-21-8-10-22(11-9-21)26-20-29-17-5-7-27(29)25-19-23(12-13-24(25)26)30-18-6-16-28-14-3-2-4-15-28/h5,8,10-14,24-25H,2-4,6-7,9,15-20H2,1H3;2*8-13,19,26-27H,2-7,14-18,20H2,1H3/t24-,25-;26-,27+;26-,27-/m010/s1. The predicted octanol–water partition coefficient (Wildman–Crippen LogP) is 16.6. The molecule has 0 radical (unpaired) electrons. The van der Waals surface area contributed by atoms with Crippen molar-refractivity contribution in [1.82, 2.24) is 29.4 Å². The summed E-state index contributed by atoms with van der Waals surface area (Å²) in [5.74, 6) is 4.61. The van der Waals surface area contributed by atoms with Crippen LogP contribution in [0.4, 0.5) is 0 Å². The van der Waals surface area contributed by atoms with Crippen molar-refractivity contribution in [2.75, 3.05) is 118 Å². The zero-order valence-corrected chi connectivity index (χ0v) is 55.5. The van der Waals surface area contributed by atoms with Crippen molar-refractivity contribution in [1.29, 1.82) is 0 Å². The molecule has 6 saturated heterocycles. The topological polar surface area (TPSA) is 47.1 Å².